The lowest BCUT2D eigenvalue weighted by molar-refractivity contribution is 0.193. The summed E-state index contributed by atoms with van der Waals surface area (Å²) in [6.07, 6.45) is 1.99. The number of hydrogen-bond acceptors (Lipinski definition) is 2. The van der Waals surface area contributed by atoms with E-state index in [9.17, 15) is 0 Å². The van der Waals surface area contributed by atoms with Crippen molar-refractivity contribution in [1.82, 2.24) is 5.32 Å². The Hall–Kier alpha value is -0.0800. The van der Waals surface area contributed by atoms with Gasteiger partial charge in [0.15, 0.2) is 0 Å². The smallest absolute Gasteiger partial charge is 0.0679 e. The molecule has 0 aromatic heterocycles. The average molecular weight is 115 g/mol. The Morgan fingerprint density at radius 2 is 2.50 bits per heavy atom. The third-order valence-electron chi connectivity index (χ3n) is 1.69. The Labute approximate surface area is 49.9 Å². The SMILES string of the molecule is CCC1C[C@H](O)CN1. The van der Waals surface area contributed by atoms with Crippen LogP contribution in [0.1, 0.15) is 19.8 Å². The van der Waals surface area contributed by atoms with Gasteiger partial charge < -0.3 is 10.4 Å². The summed E-state index contributed by atoms with van der Waals surface area (Å²) in [7, 11) is 0. The average Bonchev–Trinajstić information content (AvgIpc) is 2.14. The van der Waals surface area contributed by atoms with Crippen molar-refractivity contribution in [2.24, 2.45) is 0 Å². The van der Waals surface area contributed by atoms with Gasteiger partial charge in [0.2, 0.25) is 0 Å². The van der Waals surface area contributed by atoms with Gasteiger partial charge in [-0.3, -0.25) is 0 Å². The van der Waals surface area contributed by atoms with Crippen molar-refractivity contribution in [3.05, 3.63) is 0 Å². The lowest BCUT2D eigenvalue weighted by Gasteiger charge is -2.02. The number of aliphatic hydroxyl groups is 1. The zero-order valence-corrected chi connectivity index (χ0v) is 5.22. The van der Waals surface area contributed by atoms with Crippen molar-refractivity contribution in [3.63, 3.8) is 0 Å². The molecule has 0 saturated carbocycles. The molecule has 2 N–H and O–H groups in total. The topological polar surface area (TPSA) is 32.3 Å². The van der Waals surface area contributed by atoms with Gasteiger partial charge in [0.25, 0.3) is 0 Å². The minimum absolute atomic E-state index is 0.0834. The van der Waals surface area contributed by atoms with E-state index in [1.54, 1.807) is 0 Å². The van der Waals surface area contributed by atoms with Crippen LogP contribution < -0.4 is 5.32 Å². The molecule has 0 aromatic rings. The van der Waals surface area contributed by atoms with Crippen LogP contribution in [0.15, 0.2) is 0 Å². The molecule has 0 radical (unpaired) electrons. The first kappa shape index (κ1) is 6.05. The Kier molecular flexibility index (Phi) is 1.86. The van der Waals surface area contributed by atoms with Crippen molar-refractivity contribution in [1.29, 1.82) is 0 Å². The second-order valence-electron chi connectivity index (χ2n) is 2.40. The van der Waals surface area contributed by atoms with Gasteiger partial charge >= 0.3 is 0 Å². The van der Waals surface area contributed by atoms with E-state index in [0.717, 1.165) is 19.4 Å². The lowest BCUT2D eigenvalue weighted by Crippen LogP contribution is -2.19. The molecule has 1 aliphatic rings. The summed E-state index contributed by atoms with van der Waals surface area (Å²) in [5.41, 5.74) is 0. The normalized spacial score (nSPS) is 38.2. The molecule has 2 atom stereocenters. The summed E-state index contributed by atoms with van der Waals surface area (Å²) < 4.78 is 0. The monoisotopic (exact) mass is 115 g/mol. The van der Waals surface area contributed by atoms with Crippen LogP contribution in [0.25, 0.3) is 0 Å². The predicted octanol–water partition coefficient (Wildman–Crippen LogP) is 0.119. The zero-order valence-electron chi connectivity index (χ0n) is 5.22. The Morgan fingerprint density at radius 3 is 2.75 bits per heavy atom. The van der Waals surface area contributed by atoms with Gasteiger partial charge in [0, 0.05) is 12.6 Å². The third-order valence-corrected chi connectivity index (χ3v) is 1.69. The van der Waals surface area contributed by atoms with Crippen molar-refractivity contribution in [3.8, 4) is 0 Å². The summed E-state index contributed by atoms with van der Waals surface area (Å²) in [6.45, 7) is 2.92. The van der Waals surface area contributed by atoms with Gasteiger partial charge in [-0.2, -0.15) is 0 Å². The van der Waals surface area contributed by atoms with E-state index in [2.05, 4.69) is 12.2 Å². The maximum atomic E-state index is 8.97. The van der Waals surface area contributed by atoms with Crippen molar-refractivity contribution >= 4 is 0 Å². The molecule has 2 nitrogen and oxygen atoms in total. The van der Waals surface area contributed by atoms with Crippen LogP contribution in [0.4, 0.5) is 0 Å². The van der Waals surface area contributed by atoms with Crippen LogP contribution in [-0.4, -0.2) is 23.8 Å². The van der Waals surface area contributed by atoms with Gasteiger partial charge in [-0.25, -0.2) is 0 Å². The molecule has 1 rings (SSSR count). The van der Waals surface area contributed by atoms with Crippen LogP contribution in [0.5, 0.6) is 0 Å². The van der Waals surface area contributed by atoms with Crippen LogP contribution in [0, 0.1) is 0 Å². The largest absolute Gasteiger partial charge is 0.392 e. The highest BCUT2D eigenvalue weighted by Gasteiger charge is 2.19. The fraction of sp³-hybridized carbons (Fsp3) is 1.00. The molecule has 1 heterocycles. The van der Waals surface area contributed by atoms with Crippen LogP contribution in [-0.2, 0) is 0 Å². The van der Waals surface area contributed by atoms with E-state index < -0.39 is 0 Å². The standard InChI is InChI=1S/C6H13NO/c1-2-5-3-6(8)4-7-5/h5-8H,2-4H2,1H3/t5?,6-/m0/s1. The third kappa shape index (κ3) is 1.20. The zero-order chi connectivity index (χ0) is 5.98. The number of hydrogen-bond donors (Lipinski definition) is 2. The minimum atomic E-state index is -0.0834. The molecule has 0 aliphatic carbocycles. The molecule has 0 amide bonds. The van der Waals surface area contributed by atoms with Crippen molar-refractivity contribution in [2.45, 2.75) is 31.9 Å². The summed E-state index contributed by atoms with van der Waals surface area (Å²) in [6, 6.07) is 0.574. The maximum Gasteiger partial charge on any atom is 0.0679 e. The Bertz CT molecular complexity index is 74.9. The summed E-state index contributed by atoms with van der Waals surface area (Å²) in [5.74, 6) is 0. The highest BCUT2D eigenvalue weighted by molar-refractivity contribution is 4.79. The predicted molar refractivity (Wildman–Crippen MR) is 32.7 cm³/mol. The van der Waals surface area contributed by atoms with Gasteiger partial charge in [-0.1, -0.05) is 6.92 Å². The highest BCUT2D eigenvalue weighted by Crippen LogP contribution is 2.07. The fourth-order valence-corrected chi connectivity index (χ4v) is 1.11. The lowest BCUT2D eigenvalue weighted by atomic mass is 10.2. The molecule has 0 bridgehead atoms. The summed E-state index contributed by atoms with van der Waals surface area (Å²) in [4.78, 5) is 0. The molecule has 0 aromatic carbocycles. The molecule has 0 spiro atoms. The Morgan fingerprint density at radius 1 is 1.75 bits per heavy atom. The minimum Gasteiger partial charge on any atom is -0.392 e. The molecule has 48 valence electrons. The number of β-amino-alcohol motifs (C(OH)–C–C–N with tert-alkyl or cyclic N) is 1. The second-order valence-corrected chi connectivity index (χ2v) is 2.40. The molecule has 1 fully saturated rings. The molecular weight excluding hydrogens is 102 g/mol. The molecule has 1 saturated heterocycles. The van der Waals surface area contributed by atoms with Crippen LogP contribution in [0.3, 0.4) is 0 Å². The summed E-state index contributed by atoms with van der Waals surface area (Å²) >= 11 is 0. The van der Waals surface area contributed by atoms with Crippen LogP contribution in [0.2, 0.25) is 0 Å². The first-order chi connectivity index (χ1) is 3.83. The second kappa shape index (κ2) is 2.46. The first-order valence-electron chi connectivity index (χ1n) is 3.24. The van der Waals surface area contributed by atoms with Gasteiger partial charge in [-0.05, 0) is 12.8 Å². The van der Waals surface area contributed by atoms with E-state index >= 15 is 0 Å². The van der Waals surface area contributed by atoms with E-state index in [1.807, 2.05) is 0 Å². The highest BCUT2D eigenvalue weighted by atomic mass is 16.3. The van der Waals surface area contributed by atoms with Gasteiger partial charge in [-0.15, -0.1) is 0 Å². The van der Waals surface area contributed by atoms with E-state index in [-0.39, 0.29) is 6.10 Å². The van der Waals surface area contributed by atoms with E-state index in [1.165, 1.54) is 0 Å². The fourth-order valence-electron chi connectivity index (χ4n) is 1.11. The Balaban J connectivity index is 2.22. The van der Waals surface area contributed by atoms with Crippen molar-refractivity contribution in [2.75, 3.05) is 6.54 Å². The van der Waals surface area contributed by atoms with E-state index in [0.29, 0.717) is 6.04 Å². The van der Waals surface area contributed by atoms with Crippen molar-refractivity contribution < 1.29 is 5.11 Å². The molecular formula is C6H13NO. The molecule has 2 heteroatoms. The molecule has 8 heavy (non-hydrogen) atoms. The van der Waals surface area contributed by atoms with Gasteiger partial charge in [0.1, 0.15) is 0 Å². The number of rotatable bonds is 1. The number of aliphatic hydroxyl groups excluding tert-OH is 1. The number of nitrogens with one attached hydrogen (secondary N) is 1. The van der Waals surface area contributed by atoms with Gasteiger partial charge in [0.05, 0.1) is 6.10 Å². The molecule has 1 unspecified atom stereocenters. The van der Waals surface area contributed by atoms with E-state index in [4.69, 9.17) is 5.11 Å². The first-order valence-corrected chi connectivity index (χ1v) is 3.24. The molecule has 1 aliphatic heterocycles. The summed E-state index contributed by atoms with van der Waals surface area (Å²) in [5, 5.41) is 12.2. The quantitative estimate of drug-likeness (QED) is 0.508. The van der Waals surface area contributed by atoms with Crippen LogP contribution >= 0.6 is 0 Å². The maximum absolute atomic E-state index is 8.97.